The number of hydrogen-bond acceptors (Lipinski definition) is 3. The van der Waals surface area contributed by atoms with Crippen molar-refractivity contribution >= 4 is 12.0 Å². The molecule has 0 saturated heterocycles. The number of aryl methyl sites for hydroxylation is 1. The summed E-state index contributed by atoms with van der Waals surface area (Å²) in [4.78, 5) is 14.7. The average molecular weight is 229 g/mol. The molecule has 0 spiro atoms. The topological polar surface area (TPSA) is 68.0 Å². The van der Waals surface area contributed by atoms with E-state index in [1.54, 1.807) is 29.2 Å². The number of aliphatic carboxylic acids is 1. The fourth-order valence-corrected chi connectivity index (χ4v) is 1.42. The van der Waals surface area contributed by atoms with Crippen LogP contribution in [-0.2, 0) is 4.79 Å². The summed E-state index contributed by atoms with van der Waals surface area (Å²) >= 11 is 0. The Morgan fingerprint density at radius 2 is 2.35 bits per heavy atom. The third-order valence-corrected chi connectivity index (χ3v) is 2.15. The van der Waals surface area contributed by atoms with Crippen LogP contribution in [0.1, 0.15) is 11.1 Å². The lowest BCUT2D eigenvalue weighted by atomic mass is 10.2. The van der Waals surface area contributed by atoms with Crippen molar-refractivity contribution in [3.63, 3.8) is 0 Å². The Morgan fingerprint density at radius 3 is 3.00 bits per heavy atom. The van der Waals surface area contributed by atoms with Crippen LogP contribution in [0.5, 0.6) is 0 Å². The van der Waals surface area contributed by atoms with Gasteiger partial charge in [-0.3, -0.25) is 0 Å². The van der Waals surface area contributed by atoms with Crippen LogP contribution in [0, 0.1) is 6.92 Å². The number of carbonyl (C=O) groups is 1. The molecule has 0 bridgehead atoms. The van der Waals surface area contributed by atoms with Crippen LogP contribution in [0.2, 0.25) is 0 Å². The van der Waals surface area contributed by atoms with Gasteiger partial charge >= 0.3 is 5.97 Å². The second kappa shape index (κ2) is 4.61. The van der Waals surface area contributed by atoms with Crippen LogP contribution in [-0.4, -0.2) is 25.8 Å². The molecule has 2 aromatic rings. The number of carboxylic acids is 1. The van der Waals surface area contributed by atoms with Gasteiger partial charge in [-0.05, 0) is 30.7 Å². The van der Waals surface area contributed by atoms with E-state index in [0.717, 1.165) is 11.6 Å². The van der Waals surface area contributed by atoms with E-state index in [2.05, 4.69) is 10.1 Å². The monoisotopic (exact) mass is 229 g/mol. The van der Waals surface area contributed by atoms with Gasteiger partial charge in [-0.25, -0.2) is 14.5 Å². The highest BCUT2D eigenvalue weighted by Gasteiger charge is 2.04. The molecule has 0 amide bonds. The summed E-state index contributed by atoms with van der Waals surface area (Å²) in [6.45, 7) is 1.93. The van der Waals surface area contributed by atoms with Crippen LogP contribution in [0.4, 0.5) is 0 Å². The smallest absolute Gasteiger partial charge is 0.328 e. The Bertz CT molecular complexity index is 573. The molecule has 0 aliphatic carbocycles. The molecule has 2 aromatic heterocycles. The normalized spacial score (nSPS) is 10.9. The zero-order valence-corrected chi connectivity index (χ0v) is 9.24. The minimum atomic E-state index is -0.989. The summed E-state index contributed by atoms with van der Waals surface area (Å²) in [6, 6.07) is 3.54. The lowest BCUT2D eigenvalue weighted by molar-refractivity contribution is -0.131. The molecule has 1 N–H and O–H groups in total. The first-order valence-electron chi connectivity index (χ1n) is 5.04. The largest absolute Gasteiger partial charge is 0.478 e. The molecule has 5 nitrogen and oxygen atoms in total. The molecule has 0 radical (unpaired) electrons. The third kappa shape index (κ3) is 2.57. The minimum absolute atomic E-state index is 0.609. The van der Waals surface area contributed by atoms with Crippen LogP contribution < -0.4 is 0 Å². The van der Waals surface area contributed by atoms with Gasteiger partial charge in [0, 0.05) is 24.0 Å². The van der Waals surface area contributed by atoms with Gasteiger partial charge in [0.1, 0.15) is 0 Å². The fraction of sp³-hybridized carbons (Fsp3) is 0.0833. The highest BCUT2D eigenvalue weighted by Crippen LogP contribution is 2.12. The van der Waals surface area contributed by atoms with Crippen molar-refractivity contribution in [2.45, 2.75) is 6.92 Å². The van der Waals surface area contributed by atoms with E-state index in [-0.39, 0.29) is 0 Å². The molecular weight excluding hydrogens is 218 g/mol. The summed E-state index contributed by atoms with van der Waals surface area (Å²) in [6.07, 6.45) is 7.78. The van der Waals surface area contributed by atoms with Crippen molar-refractivity contribution in [2.75, 3.05) is 0 Å². The maximum Gasteiger partial charge on any atom is 0.328 e. The van der Waals surface area contributed by atoms with Crippen LogP contribution >= 0.6 is 0 Å². The molecule has 0 unspecified atom stereocenters. The van der Waals surface area contributed by atoms with Crippen molar-refractivity contribution < 1.29 is 9.90 Å². The van der Waals surface area contributed by atoms with E-state index >= 15 is 0 Å². The Balaban J connectivity index is 2.44. The molecule has 5 heteroatoms. The Labute approximate surface area is 98.0 Å². The van der Waals surface area contributed by atoms with Crippen LogP contribution in [0.25, 0.3) is 11.9 Å². The number of rotatable bonds is 3. The van der Waals surface area contributed by atoms with Gasteiger partial charge in [-0.15, -0.1) is 0 Å². The van der Waals surface area contributed by atoms with E-state index in [9.17, 15) is 4.79 Å². The maximum absolute atomic E-state index is 10.5. The van der Waals surface area contributed by atoms with Crippen molar-refractivity contribution in [2.24, 2.45) is 0 Å². The Morgan fingerprint density at radius 1 is 1.53 bits per heavy atom. The highest BCUT2D eigenvalue weighted by atomic mass is 16.4. The summed E-state index contributed by atoms with van der Waals surface area (Å²) in [5.41, 5.74) is 1.72. The van der Waals surface area contributed by atoms with E-state index in [1.165, 1.54) is 6.08 Å². The number of pyridine rings is 1. The van der Waals surface area contributed by atoms with Gasteiger partial charge in [-0.2, -0.15) is 5.10 Å². The van der Waals surface area contributed by atoms with Crippen molar-refractivity contribution in [3.8, 4) is 5.82 Å². The quantitative estimate of drug-likeness (QED) is 0.813. The molecule has 0 aliphatic rings. The first-order chi connectivity index (χ1) is 8.16. The Hall–Kier alpha value is -2.43. The van der Waals surface area contributed by atoms with Crippen molar-refractivity contribution in [1.29, 1.82) is 0 Å². The zero-order valence-electron chi connectivity index (χ0n) is 9.24. The van der Waals surface area contributed by atoms with Gasteiger partial charge in [-0.1, -0.05) is 0 Å². The summed E-state index contributed by atoms with van der Waals surface area (Å²) in [5, 5.41) is 12.8. The van der Waals surface area contributed by atoms with Crippen molar-refractivity contribution in [3.05, 3.63) is 47.9 Å². The van der Waals surface area contributed by atoms with E-state index < -0.39 is 5.97 Å². The molecule has 17 heavy (non-hydrogen) atoms. The average Bonchev–Trinajstić information content (AvgIpc) is 2.73. The number of nitrogens with zero attached hydrogens (tertiary/aromatic N) is 3. The fourth-order valence-electron chi connectivity index (χ4n) is 1.42. The zero-order chi connectivity index (χ0) is 12.3. The predicted molar refractivity (Wildman–Crippen MR) is 62.8 cm³/mol. The van der Waals surface area contributed by atoms with E-state index in [4.69, 9.17) is 5.11 Å². The second-order valence-corrected chi connectivity index (χ2v) is 3.55. The highest BCUT2D eigenvalue weighted by molar-refractivity contribution is 5.85. The molecule has 2 heterocycles. The van der Waals surface area contributed by atoms with Gasteiger partial charge in [0.25, 0.3) is 0 Å². The number of aromatic nitrogens is 3. The SMILES string of the molecule is Cc1cnn(-c2ncccc2/C=C/C(=O)O)c1. The number of hydrogen-bond donors (Lipinski definition) is 1. The first kappa shape index (κ1) is 11.1. The standard InChI is InChI=1S/C12H11N3O2/c1-9-7-14-15(8-9)12-10(3-2-6-13-12)4-5-11(16)17/h2-8H,1H3,(H,16,17)/b5-4+. The lowest BCUT2D eigenvalue weighted by Crippen LogP contribution is -2.00. The summed E-state index contributed by atoms with van der Waals surface area (Å²) < 4.78 is 1.62. The van der Waals surface area contributed by atoms with Gasteiger partial charge < -0.3 is 5.11 Å². The predicted octanol–water partition coefficient (Wildman–Crippen LogP) is 1.67. The minimum Gasteiger partial charge on any atom is -0.478 e. The van der Waals surface area contributed by atoms with Gasteiger partial charge in [0.2, 0.25) is 0 Å². The lowest BCUT2D eigenvalue weighted by Gasteiger charge is -2.03. The first-order valence-corrected chi connectivity index (χ1v) is 5.04. The second-order valence-electron chi connectivity index (χ2n) is 3.55. The molecular formula is C12H11N3O2. The summed E-state index contributed by atoms with van der Waals surface area (Å²) in [5.74, 6) is -0.380. The van der Waals surface area contributed by atoms with Crippen LogP contribution in [0.15, 0.2) is 36.8 Å². The molecule has 0 aromatic carbocycles. The maximum atomic E-state index is 10.5. The molecule has 0 aliphatic heterocycles. The Kier molecular flexibility index (Phi) is 3.00. The third-order valence-electron chi connectivity index (χ3n) is 2.15. The van der Waals surface area contributed by atoms with Gasteiger partial charge in [0.15, 0.2) is 5.82 Å². The van der Waals surface area contributed by atoms with Crippen LogP contribution in [0.3, 0.4) is 0 Å². The van der Waals surface area contributed by atoms with E-state index in [1.807, 2.05) is 13.1 Å². The molecule has 0 atom stereocenters. The van der Waals surface area contributed by atoms with E-state index in [0.29, 0.717) is 11.4 Å². The molecule has 2 rings (SSSR count). The molecule has 0 saturated carbocycles. The van der Waals surface area contributed by atoms with Gasteiger partial charge in [0.05, 0.1) is 6.20 Å². The molecule has 86 valence electrons. The summed E-state index contributed by atoms with van der Waals surface area (Å²) in [7, 11) is 0. The van der Waals surface area contributed by atoms with Crippen molar-refractivity contribution in [1.82, 2.24) is 14.8 Å². The number of carboxylic acid groups (broad SMARTS) is 1. The molecule has 0 fully saturated rings.